The van der Waals surface area contributed by atoms with E-state index in [4.69, 9.17) is 0 Å². The minimum absolute atomic E-state index is 0.0724. The monoisotopic (exact) mass is 414 g/mol. The van der Waals surface area contributed by atoms with Gasteiger partial charge in [-0.1, -0.05) is 35.9 Å². The standard InChI is InChI=1S/C21H22N2O3S2/c1-15-8-9-18(16(2)11-15)13-22-21(24)17-5-3-7-20(12-17)28(25,26)23-14-19-6-4-10-27-19/h3-12,23H,13-14H2,1-2H3,(H,22,24). The zero-order valence-electron chi connectivity index (χ0n) is 15.7. The normalized spacial score (nSPS) is 11.4. The molecule has 0 fully saturated rings. The van der Waals surface area contributed by atoms with Crippen LogP contribution < -0.4 is 10.0 Å². The van der Waals surface area contributed by atoms with Crippen molar-refractivity contribution >= 4 is 27.3 Å². The molecule has 0 bridgehead atoms. The molecule has 0 saturated heterocycles. The molecular weight excluding hydrogens is 392 g/mol. The van der Waals surface area contributed by atoms with Gasteiger partial charge in [0.15, 0.2) is 0 Å². The number of thiophene rings is 1. The first kappa shape index (κ1) is 20.3. The number of hydrogen-bond donors (Lipinski definition) is 2. The Morgan fingerprint density at radius 2 is 1.82 bits per heavy atom. The molecule has 0 radical (unpaired) electrons. The van der Waals surface area contributed by atoms with Crippen molar-refractivity contribution in [1.29, 1.82) is 0 Å². The molecule has 7 heteroatoms. The summed E-state index contributed by atoms with van der Waals surface area (Å²) in [5, 5.41) is 4.75. The molecule has 5 nitrogen and oxygen atoms in total. The van der Waals surface area contributed by atoms with Crippen molar-refractivity contribution in [2.45, 2.75) is 31.8 Å². The Hall–Kier alpha value is -2.48. The number of benzene rings is 2. The van der Waals surface area contributed by atoms with Crippen LogP contribution in [0.1, 0.15) is 31.9 Å². The van der Waals surface area contributed by atoms with Crippen molar-refractivity contribution in [3.05, 3.63) is 87.1 Å². The van der Waals surface area contributed by atoms with Crippen molar-refractivity contribution < 1.29 is 13.2 Å². The predicted molar refractivity (Wildman–Crippen MR) is 112 cm³/mol. The summed E-state index contributed by atoms with van der Waals surface area (Å²) in [5.41, 5.74) is 3.61. The van der Waals surface area contributed by atoms with Crippen LogP contribution in [0.3, 0.4) is 0 Å². The van der Waals surface area contributed by atoms with Gasteiger partial charge in [0.25, 0.3) is 5.91 Å². The van der Waals surface area contributed by atoms with Crippen molar-refractivity contribution in [1.82, 2.24) is 10.0 Å². The molecule has 0 saturated carbocycles. The van der Waals surface area contributed by atoms with E-state index < -0.39 is 10.0 Å². The fourth-order valence-electron chi connectivity index (χ4n) is 2.79. The predicted octanol–water partition coefficient (Wildman–Crippen LogP) is 3.77. The van der Waals surface area contributed by atoms with Gasteiger partial charge in [-0.15, -0.1) is 11.3 Å². The molecule has 2 N–H and O–H groups in total. The molecule has 3 rings (SSSR count). The Kier molecular flexibility index (Phi) is 6.28. The first-order valence-electron chi connectivity index (χ1n) is 8.81. The highest BCUT2D eigenvalue weighted by Gasteiger charge is 2.16. The van der Waals surface area contributed by atoms with Gasteiger partial charge < -0.3 is 5.32 Å². The van der Waals surface area contributed by atoms with Crippen LogP contribution in [0.5, 0.6) is 0 Å². The Morgan fingerprint density at radius 3 is 2.54 bits per heavy atom. The smallest absolute Gasteiger partial charge is 0.251 e. The number of amides is 1. The van der Waals surface area contributed by atoms with E-state index in [9.17, 15) is 13.2 Å². The highest BCUT2D eigenvalue weighted by atomic mass is 32.2. The van der Waals surface area contributed by atoms with E-state index >= 15 is 0 Å². The average molecular weight is 415 g/mol. The molecule has 0 aliphatic carbocycles. The van der Waals surface area contributed by atoms with E-state index in [-0.39, 0.29) is 17.3 Å². The maximum absolute atomic E-state index is 12.5. The van der Waals surface area contributed by atoms with E-state index in [1.807, 2.05) is 43.5 Å². The van der Waals surface area contributed by atoms with Crippen LogP contribution in [0.15, 0.2) is 64.9 Å². The summed E-state index contributed by atoms with van der Waals surface area (Å²) in [5.74, 6) is -0.310. The van der Waals surface area contributed by atoms with E-state index in [2.05, 4.69) is 16.1 Å². The molecule has 2 aromatic carbocycles. The lowest BCUT2D eigenvalue weighted by atomic mass is 10.1. The average Bonchev–Trinajstić information content (AvgIpc) is 3.19. The second kappa shape index (κ2) is 8.68. The lowest BCUT2D eigenvalue weighted by molar-refractivity contribution is 0.0950. The summed E-state index contributed by atoms with van der Waals surface area (Å²) >= 11 is 1.48. The van der Waals surface area contributed by atoms with E-state index in [1.165, 1.54) is 29.0 Å². The van der Waals surface area contributed by atoms with Gasteiger partial charge in [-0.25, -0.2) is 13.1 Å². The summed E-state index contributed by atoms with van der Waals surface area (Å²) in [4.78, 5) is 13.5. The Morgan fingerprint density at radius 1 is 1.00 bits per heavy atom. The third kappa shape index (κ3) is 5.07. The highest BCUT2D eigenvalue weighted by Crippen LogP contribution is 2.15. The van der Waals surface area contributed by atoms with Gasteiger partial charge in [0, 0.05) is 23.5 Å². The highest BCUT2D eigenvalue weighted by molar-refractivity contribution is 7.89. The molecule has 0 aliphatic rings. The zero-order chi connectivity index (χ0) is 20.1. The third-order valence-corrected chi connectivity index (χ3v) is 6.64. The largest absolute Gasteiger partial charge is 0.348 e. The minimum Gasteiger partial charge on any atom is -0.348 e. The molecule has 1 amide bonds. The van der Waals surface area contributed by atoms with Gasteiger partial charge in [-0.3, -0.25) is 4.79 Å². The summed E-state index contributed by atoms with van der Waals surface area (Å²) in [6.45, 7) is 4.64. The van der Waals surface area contributed by atoms with Crippen LogP contribution in [0.4, 0.5) is 0 Å². The summed E-state index contributed by atoms with van der Waals surface area (Å²) in [6.07, 6.45) is 0. The van der Waals surface area contributed by atoms with E-state index in [0.29, 0.717) is 12.1 Å². The Balaban J connectivity index is 1.68. The fourth-order valence-corrected chi connectivity index (χ4v) is 4.58. The molecular formula is C21H22N2O3S2. The van der Waals surface area contributed by atoms with Crippen molar-refractivity contribution in [2.24, 2.45) is 0 Å². The number of sulfonamides is 1. The van der Waals surface area contributed by atoms with Crippen LogP contribution >= 0.6 is 11.3 Å². The van der Waals surface area contributed by atoms with Crippen LogP contribution in [0, 0.1) is 13.8 Å². The third-order valence-electron chi connectivity index (χ3n) is 4.36. The lowest BCUT2D eigenvalue weighted by Gasteiger charge is -2.10. The minimum atomic E-state index is -3.69. The molecule has 146 valence electrons. The van der Waals surface area contributed by atoms with Gasteiger partial charge in [-0.05, 0) is 54.6 Å². The second-order valence-electron chi connectivity index (χ2n) is 6.54. The van der Waals surface area contributed by atoms with Crippen LogP contribution in [0.2, 0.25) is 0 Å². The molecule has 0 spiro atoms. The number of rotatable bonds is 7. The number of hydrogen-bond acceptors (Lipinski definition) is 4. The first-order chi connectivity index (χ1) is 13.3. The summed E-state index contributed by atoms with van der Waals surface area (Å²) in [6, 6.07) is 15.8. The topological polar surface area (TPSA) is 75.3 Å². The van der Waals surface area contributed by atoms with Crippen LogP contribution in [-0.4, -0.2) is 14.3 Å². The molecule has 3 aromatic rings. The molecule has 1 heterocycles. The Bertz CT molecular complexity index is 1070. The lowest BCUT2D eigenvalue weighted by Crippen LogP contribution is -2.25. The number of aryl methyl sites for hydroxylation is 2. The maximum atomic E-state index is 12.5. The van der Waals surface area contributed by atoms with Gasteiger partial charge in [-0.2, -0.15) is 0 Å². The summed E-state index contributed by atoms with van der Waals surface area (Å²) in [7, 11) is -3.69. The summed E-state index contributed by atoms with van der Waals surface area (Å²) < 4.78 is 27.6. The van der Waals surface area contributed by atoms with Gasteiger partial charge in [0.1, 0.15) is 0 Å². The second-order valence-corrected chi connectivity index (χ2v) is 9.34. The van der Waals surface area contributed by atoms with Gasteiger partial charge >= 0.3 is 0 Å². The molecule has 28 heavy (non-hydrogen) atoms. The first-order valence-corrected chi connectivity index (χ1v) is 11.2. The van der Waals surface area contributed by atoms with Crippen molar-refractivity contribution in [3.63, 3.8) is 0 Å². The SMILES string of the molecule is Cc1ccc(CNC(=O)c2cccc(S(=O)(=O)NCc3cccs3)c2)c(C)c1. The van der Waals surface area contributed by atoms with Crippen molar-refractivity contribution in [2.75, 3.05) is 0 Å². The van der Waals surface area contributed by atoms with Crippen molar-refractivity contribution in [3.8, 4) is 0 Å². The van der Waals surface area contributed by atoms with E-state index in [0.717, 1.165) is 16.0 Å². The molecule has 1 aromatic heterocycles. The number of carbonyl (C=O) groups excluding carboxylic acids is 1. The Labute approximate surface area is 169 Å². The maximum Gasteiger partial charge on any atom is 0.251 e. The zero-order valence-corrected chi connectivity index (χ0v) is 17.4. The quantitative estimate of drug-likeness (QED) is 0.618. The molecule has 0 unspecified atom stereocenters. The molecule has 0 aliphatic heterocycles. The fraction of sp³-hybridized carbons (Fsp3) is 0.190. The van der Waals surface area contributed by atoms with Crippen LogP contribution in [-0.2, 0) is 23.1 Å². The van der Waals surface area contributed by atoms with Crippen LogP contribution in [0.25, 0.3) is 0 Å². The number of nitrogens with one attached hydrogen (secondary N) is 2. The molecule has 0 atom stereocenters. The van der Waals surface area contributed by atoms with Gasteiger partial charge in [0.2, 0.25) is 10.0 Å². The number of carbonyl (C=O) groups is 1. The van der Waals surface area contributed by atoms with Gasteiger partial charge in [0.05, 0.1) is 4.90 Å². The van der Waals surface area contributed by atoms with E-state index in [1.54, 1.807) is 12.1 Å².